The van der Waals surface area contributed by atoms with E-state index in [9.17, 15) is 24.0 Å². The molecule has 4 aliphatic carbocycles. The quantitative estimate of drug-likeness (QED) is 0.133. The average molecular weight is 689 g/mol. The zero-order valence-corrected chi connectivity index (χ0v) is 30.0. The number of esters is 3. The van der Waals surface area contributed by atoms with Crippen LogP contribution >= 0.6 is 0 Å². The molecule has 0 aromatic heterocycles. The molecule has 4 fully saturated rings. The van der Waals surface area contributed by atoms with E-state index >= 15 is 0 Å². The summed E-state index contributed by atoms with van der Waals surface area (Å²) in [4.78, 5) is 56.2. The van der Waals surface area contributed by atoms with Crippen LogP contribution in [0.3, 0.4) is 0 Å². The van der Waals surface area contributed by atoms with Gasteiger partial charge in [0.2, 0.25) is 0 Å². The van der Waals surface area contributed by atoms with Crippen LogP contribution in [0.2, 0.25) is 0 Å². The van der Waals surface area contributed by atoms with Gasteiger partial charge in [-0.15, -0.1) is 0 Å². The molecule has 2 N–H and O–H groups in total. The molecule has 0 aromatic rings. The number of ketones is 1. The number of carboxylic acids is 1. The molecule has 0 aromatic carbocycles. The summed E-state index contributed by atoms with van der Waals surface area (Å²) in [7, 11) is 4.75. The third kappa shape index (κ3) is 11.8. The lowest BCUT2D eigenvalue weighted by Gasteiger charge is -2.39. The minimum atomic E-state index is -0.708. The fourth-order valence-electron chi connectivity index (χ4n) is 6.10. The largest absolute Gasteiger partial charge is 0.481 e. The second-order valence-electron chi connectivity index (χ2n) is 13.1. The van der Waals surface area contributed by atoms with E-state index in [2.05, 4.69) is 0 Å². The summed E-state index contributed by atoms with van der Waals surface area (Å²) in [6.45, 7) is 7.76. The van der Waals surface area contributed by atoms with Crippen molar-refractivity contribution in [2.75, 3.05) is 67.6 Å². The van der Waals surface area contributed by atoms with Crippen LogP contribution in [0.5, 0.6) is 0 Å². The second-order valence-corrected chi connectivity index (χ2v) is 13.1. The minimum Gasteiger partial charge on any atom is -0.481 e. The van der Waals surface area contributed by atoms with Gasteiger partial charge < -0.3 is 38.6 Å². The molecule has 13 nitrogen and oxygen atoms in total. The second kappa shape index (κ2) is 21.5. The fourth-order valence-corrected chi connectivity index (χ4v) is 6.10. The number of aliphatic carboxylic acids is 1. The number of carbonyl (C=O) groups excluding carboxylic acids is 4. The Balaban J connectivity index is 0.000000324. The van der Waals surface area contributed by atoms with E-state index < -0.39 is 28.2 Å². The number of aliphatic hydroxyl groups is 1. The molecule has 0 aliphatic heterocycles. The number of carboxylic acid groups (broad SMARTS) is 1. The summed E-state index contributed by atoms with van der Waals surface area (Å²) >= 11 is 0. The molecular formula is C35H60O13. The van der Waals surface area contributed by atoms with Crippen molar-refractivity contribution in [2.24, 2.45) is 21.7 Å². The number of methoxy groups -OCH3 is 3. The number of Topliss-reactive ketones (excluding diaryl/α,β-unsaturated/α-hetero) is 1. The molecule has 48 heavy (non-hydrogen) atoms. The smallest absolute Gasteiger partial charge is 0.314 e. The van der Waals surface area contributed by atoms with Crippen molar-refractivity contribution >= 4 is 29.7 Å². The summed E-state index contributed by atoms with van der Waals surface area (Å²) in [5.74, 6) is -1.48. The first-order valence-electron chi connectivity index (χ1n) is 17.2. The van der Waals surface area contributed by atoms with Crippen molar-refractivity contribution in [3.8, 4) is 0 Å². The number of hydrogen-bond acceptors (Lipinski definition) is 12. The third-order valence-electron chi connectivity index (χ3n) is 9.88. The molecule has 0 amide bonds. The lowest BCUT2D eigenvalue weighted by Crippen LogP contribution is -2.43. The molecule has 0 atom stereocenters. The van der Waals surface area contributed by atoms with E-state index in [1.807, 2.05) is 6.92 Å². The SMILES string of the molecule is CCOC(=O)C1(CO)CCC1.CCOC(=O)C1(COC)CCC1.CCOC(=O)CC(=O)C1(COC)CCC1.COCC1(C(=O)O)CCC1. The molecule has 0 spiro atoms. The Morgan fingerprint density at radius 2 is 0.896 bits per heavy atom. The molecule has 4 saturated carbocycles. The van der Waals surface area contributed by atoms with E-state index in [1.54, 1.807) is 35.2 Å². The maximum absolute atomic E-state index is 11.8. The van der Waals surface area contributed by atoms with Gasteiger partial charge in [-0.1, -0.05) is 25.7 Å². The van der Waals surface area contributed by atoms with Gasteiger partial charge in [0, 0.05) is 21.3 Å². The summed E-state index contributed by atoms with van der Waals surface area (Å²) < 4.78 is 29.5. The summed E-state index contributed by atoms with van der Waals surface area (Å²) in [6, 6.07) is 0. The first kappa shape index (κ1) is 43.4. The maximum Gasteiger partial charge on any atom is 0.314 e. The van der Waals surface area contributed by atoms with Gasteiger partial charge in [-0.2, -0.15) is 0 Å². The van der Waals surface area contributed by atoms with Crippen LogP contribution in [0.1, 0.15) is 104 Å². The van der Waals surface area contributed by atoms with E-state index in [0.29, 0.717) is 39.6 Å². The Kier molecular flexibility index (Phi) is 19.4. The van der Waals surface area contributed by atoms with E-state index in [-0.39, 0.29) is 36.2 Å². The maximum atomic E-state index is 11.8. The Morgan fingerprint density at radius 3 is 1.17 bits per heavy atom. The van der Waals surface area contributed by atoms with Gasteiger partial charge in [-0.05, 0) is 72.1 Å². The zero-order valence-electron chi connectivity index (χ0n) is 30.0. The number of hydrogen-bond donors (Lipinski definition) is 2. The molecular weight excluding hydrogens is 628 g/mol. The van der Waals surface area contributed by atoms with Crippen LogP contribution in [-0.2, 0) is 52.4 Å². The summed E-state index contributed by atoms with van der Waals surface area (Å²) in [6.07, 6.45) is 10.7. The monoisotopic (exact) mass is 688 g/mol. The van der Waals surface area contributed by atoms with Crippen LogP contribution in [0.25, 0.3) is 0 Å². The molecule has 4 rings (SSSR count). The lowest BCUT2D eigenvalue weighted by atomic mass is 9.66. The Morgan fingerprint density at radius 1 is 0.542 bits per heavy atom. The predicted octanol–water partition coefficient (Wildman–Crippen LogP) is 4.29. The number of ether oxygens (including phenoxy) is 6. The van der Waals surface area contributed by atoms with Crippen molar-refractivity contribution < 1.29 is 62.6 Å². The number of aliphatic hydroxyl groups excluding tert-OH is 1. The van der Waals surface area contributed by atoms with E-state index in [4.69, 9.17) is 38.6 Å². The van der Waals surface area contributed by atoms with Crippen molar-refractivity contribution in [2.45, 2.75) is 104 Å². The topological polar surface area (TPSA) is 181 Å². The summed E-state index contributed by atoms with van der Waals surface area (Å²) in [5.41, 5.74) is -1.77. The molecule has 4 aliphatic rings. The number of carbonyl (C=O) groups is 5. The highest BCUT2D eigenvalue weighted by Gasteiger charge is 2.47. The van der Waals surface area contributed by atoms with Crippen LogP contribution in [0.4, 0.5) is 0 Å². The van der Waals surface area contributed by atoms with E-state index in [0.717, 1.165) is 77.0 Å². The van der Waals surface area contributed by atoms with Crippen molar-refractivity contribution in [1.82, 2.24) is 0 Å². The highest BCUT2D eigenvalue weighted by molar-refractivity contribution is 5.99. The molecule has 278 valence electrons. The molecule has 0 heterocycles. The van der Waals surface area contributed by atoms with Crippen molar-refractivity contribution in [1.29, 1.82) is 0 Å². The molecule has 0 unspecified atom stereocenters. The lowest BCUT2D eigenvalue weighted by molar-refractivity contribution is -0.166. The van der Waals surface area contributed by atoms with Gasteiger partial charge in [-0.25, -0.2) is 0 Å². The third-order valence-corrected chi connectivity index (χ3v) is 9.88. The van der Waals surface area contributed by atoms with Crippen LogP contribution < -0.4 is 0 Å². The van der Waals surface area contributed by atoms with Gasteiger partial charge >= 0.3 is 23.9 Å². The van der Waals surface area contributed by atoms with Crippen LogP contribution in [-0.4, -0.2) is 107 Å². The first-order chi connectivity index (χ1) is 22.9. The minimum absolute atomic E-state index is 0.0333. The predicted molar refractivity (Wildman–Crippen MR) is 175 cm³/mol. The molecule has 0 bridgehead atoms. The Labute approximate surface area is 285 Å². The molecule has 0 radical (unpaired) electrons. The summed E-state index contributed by atoms with van der Waals surface area (Å²) in [5, 5.41) is 17.7. The zero-order chi connectivity index (χ0) is 36.3. The molecule has 0 saturated heterocycles. The Hall–Kier alpha value is -2.61. The van der Waals surface area contributed by atoms with Gasteiger partial charge in [0.25, 0.3) is 0 Å². The molecule has 13 heteroatoms. The normalized spacial score (nSPS) is 19.8. The van der Waals surface area contributed by atoms with Gasteiger partial charge in [-0.3, -0.25) is 24.0 Å². The first-order valence-corrected chi connectivity index (χ1v) is 17.2. The van der Waals surface area contributed by atoms with Gasteiger partial charge in [0.1, 0.15) is 6.42 Å². The Bertz CT molecular complexity index is 1000. The fraction of sp³-hybridized carbons (Fsp3) is 0.857. The highest BCUT2D eigenvalue weighted by Crippen LogP contribution is 2.44. The van der Waals surface area contributed by atoms with E-state index in [1.165, 1.54) is 0 Å². The van der Waals surface area contributed by atoms with Crippen molar-refractivity contribution in [3.05, 3.63) is 0 Å². The van der Waals surface area contributed by atoms with Crippen LogP contribution in [0.15, 0.2) is 0 Å². The van der Waals surface area contributed by atoms with Crippen molar-refractivity contribution in [3.63, 3.8) is 0 Å². The number of rotatable bonds is 16. The van der Waals surface area contributed by atoms with Gasteiger partial charge in [0.05, 0.1) is 67.9 Å². The average Bonchev–Trinajstić information content (AvgIpc) is 2.95. The standard InChI is InChI=1S/C11H18O4.C9H16O3.C8H14O3.C7H12O3/c1-3-15-10(13)7-9(12)11(8-14-2)5-4-6-11;1-3-12-8(10)9(7-11-2)5-4-6-9;1-2-11-7(10)8(6-9)4-3-5-8;1-10-5-7(6(8)9)3-2-4-7/h3-8H2,1-2H3;3-7H2,1-2H3;9H,2-6H2,1H3;2-5H2,1H3,(H,8,9). The highest BCUT2D eigenvalue weighted by atomic mass is 16.5. The van der Waals surface area contributed by atoms with Crippen LogP contribution in [0, 0.1) is 21.7 Å². The van der Waals surface area contributed by atoms with Gasteiger partial charge in [0.15, 0.2) is 5.78 Å².